The molecule has 0 bridgehead atoms. The van der Waals surface area contributed by atoms with E-state index < -0.39 is 5.97 Å². The average Bonchev–Trinajstić information content (AvgIpc) is 2.16. The van der Waals surface area contributed by atoms with Crippen molar-refractivity contribution in [2.45, 2.75) is 20.3 Å². The third kappa shape index (κ3) is 2.37. The molecule has 0 unspecified atom stereocenters. The van der Waals surface area contributed by atoms with Crippen molar-refractivity contribution >= 4 is 5.97 Å². The first-order valence-electron chi connectivity index (χ1n) is 4.48. The highest BCUT2D eigenvalue weighted by Gasteiger charge is 2.03. The number of carboxylic acids is 1. The normalized spacial score (nSPS) is 9.00. The summed E-state index contributed by atoms with van der Waals surface area (Å²) in [6.07, 6.45) is 0.775. The molecule has 0 aliphatic heterocycles. The molecule has 1 rings (SSSR count). The minimum absolute atomic E-state index is 0.288. The minimum atomic E-state index is -0.912. The number of aromatic carboxylic acids is 1. The molecular weight excluding hydrogens is 176 g/mol. The van der Waals surface area contributed by atoms with Gasteiger partial charge in [0.05, 0.1) is 5.56 Å². The number of carbonyl (C=O) groups is 1. The van der Waals surface area contributed by atoms with Crippen LogP contribution < -0.4 is 0 Å². The molecule has 0 atom stereocenters. The van der Waals surface area contributed by atoms with Crippen LogP contribution in [-0.4, -0.2) is 11.1 Å². The number of rotatable bonds is 1. The maximum Gasteiger partial charge on any atom is 0.335 e. The monoisotopic (exact) mass is 188 g/mol. The van der Waals surface area contributed by atoms with Crippen LogP contribution in [-0.2, 0) is 0 Å². The minimum Gasteiger partial charge on any atom is -0.478 e. The van der Waals surface area contributed by atoms with Crippen LogP contribution in [0.3, 0.4) is 0 Å². The Morgan fingerprint density at radius 2 is 2.21 bits per heavy atom. The zero-order valence-corrected chi connectivity index (χ0v) is 8.29. The molecule has 0 aliphatic carbocycles. The van der Waals surface area contributed by atoms with Gasteiger partial charge in [-0.3, -0.25) is 0 Å². The first-order valence-corrected chi connectivity index (χ1v) is 4.48. The molecule has 0 heterocycles. The van der Waals surface area contributed by atoms with Gasteiger partial charge in [0, 0.05) is 12.0 Å². The maximum atomic E-state index is 10.7. The van der Waals surface area contributed by atoms with Crippen molar-refractivity contribution in [3.63, 3.8) is 0 Å². The van der Waals surface area contributed by atoms with Crippen molar-refractivity contribution in [2.24, 2.45) is 0 Å². The molecule has 1 N–H and O–H groups in total. The van der Waals surface area contributed by atoms with E-state index in [0.717, 1.165) is 17.5 Å². The van der Waals surface area contributed by atoms with E-state index in [9.17, 15) is 4.79 Å². The molecular formula is C12H12O2. The molecule has 2 nitrogen and oxygen atoms in total. The number of aryl methyl sites for hydroxylation is 1. The Morgan fingerprint density at radius 1 is 1.50 bits per heavy atom. The molecule has 0 amide bonds. The van der Waals surface area contributed by atoms with Gasteiger partial charge in [-0.05, 0) is 24.6 Å². The van der Waals surface area contributed by atoms with Gasteiger partial charge in [0.15, 0.2) is 0 Å². The lowest BCUT2D eigenvalue weighted by Crippen LogP contribution is -1.97. The highest BCUT2D eigenvalue weighted by atomic mass is 16.4. The molecule has 2 heteroatoms. The molecule has 0 spiro atoms. The van der Waals surface area contributed by atoms with Crippen LogP contribution in [0.25, 0.3) is 0 Å². The first-order chi connectivity index (χ1) is 6.65. The van der Waals surface area contributed by atoms with E-state index in [2.05, 4.69) is 11.8 Å². The lowest BCUT2D eigenvalue weighted by atomic mass is 10.1. The maximum absolute atomic E-state index is 10.7. The van der Waals surface area contributed by atoms with Crippen LogP contribution in [0.4, 0.5) is 0 Å². The second kappa shape index (κ2) is 4.48. The molecule has 0 fully saturated rings. The van der Waals surface area contributed by atoms with E-state index in [1.54, 1.807) is 18.2 Å². The summed E-state index contributed by atoms with van der Waals surface area (Å²) in [6, 6.07) is 4.98. The van der Waals surface area contributed by atoms with Gasteiger partial charge in [0.25, 0.3) is 0 Å². The Hall–Kier alpha value is -1.75. The summed E-state index contributed by atoms with van der Waals surface area (Å²) < 4.78 is 0. The van der Waals surface area contributed by atoms with Crippen LogP contribution in [0, 0.1) is 18.8 Å². The zero-order chi connectivity index (χ0) is 10.6. The van der Waals surface area contributed by atoms with Gasteiger partial charge < -0.3 is 5.11 Å². The summed E-state index contributed by atoms with van der Waals surface area (Å²) in [5.74, 6) is 4.96. The van der Waals surface area contributed by atoms with Crippen molar-refractivity contribution in [3.05, 3.63) is 34.9 Å². The predicted octanol–water partition coefficient (Wildman–Crippen LogP) is 2.45. The summed E-state index contributed by atoms with van der Waals surface area (Å²) in [4.78, 5) is 10.7. The summed E-state index contributed by atoms with van der Waals surface area (Å²) >= 11 is 0. The molecule has 14 heavy (non-hydrogen) atoms. The molecule has 1 aromatic carbocycles. The van der Waals surface area contributed by atoms with E-state index in [-0.39, 0.29) is 5.56 Å². The van der Waals surface area contributed by atoms with E-state index in [4.69, 9.17) is 5.11 Å². The quantitative estimate of drug-likeness (QED) is 0.687. The highest BCUT2D eigenvalue weighted by Crippen LogP contribution is 2.10. The van der Waals surface area contributed by atoms with Gasteiger partial charge in [-0.25, -0.2) is 4.79 Å². The van der Waals surface area contributed by atoms with Crippen molar-refractivity contribution in [1.82, 2.24) is 0 Å². The van der Waals surface area contributed by atoms with Crippen molar-refractivity contribution in [3.8, 4) is 11.8 Å². The molecule has 0 radical (unpaired) electrons. The Morgan fingerprint density at radius 3 is 2.79 bits per heavy atom. The molecule has 0 aliphatic rings. The molecule has 0 aromatic heterocycles. The predicted molar refractivity (Wildman–Crippen MR) is 55.3 cm³/mol. The van der Waals surface area contributed by atoms with Gasteiger partial charge in [-0.15, -0.1) is 0 Å². The Bertz CT molecular complexity index is 408. The van der Waals surface area contributed by atoms with Crippen LogP contribution in [0.15, 0.2) is 18.2 Å². The summed E-state index contributed by atoms with van der Waals surface area (Å²) in [6.45, 7) is 3.88. The van der Waals surface area contributed by atoms with Crippen LogP contribution in [0.5, 0.6) is 0 Å². The number of benzene rings is 1. The van der Waals surface area contributed by atoms with Gasteiger partial charge in [-0.1, -0.05) is 24.8 Å². The molecule has 1 aromatic rings. The fourth-order valence-corrected chi connectivity index (χ4v) is 1.07. The van der Waals surface area contributed by atoms with Gasteiger partial charge >= 0.3 is 5.97 Å². The first kappa shape index (κ1) is 10.3. The van der Waals surface area contributed by atoms with E-state index in [1.165, 1.54) is 0 Å². The van der Waals surface area contributed by atoms with E-state index in [0.29, 0.717) is 0 Å². The smallest absolute Gasteiger partial charge is 0.335 e. The third-order valence-electron chi connectivity index (χ3n) is 1.88. The molecule has 72 valence electrons. The topological polar surface area (TPSA) is 37.3 Å². The van der Waals surface area contributed by atoms with Crippen LogP contribution in [0.2, 0.25) is 0 Å². The number of carboxylic acid groups (broad SMARTS) is 1. The largest absolute Gasteiger partial charge is 0.478 e. The fourth-order valence-electron chi connectivity index (χ4n) is 1.07. The van der Waals surface area contributed by atoms with Crippen molar-refractivity contribution < 1.29 is 9.90 Å². The second-order valence-corrected chi connectivity index (χ2v) is 2.99. The molecule has 0 saturated carbocycles. The Kier molecular flexibility index (Phi) is 3.30. The SMILES string of the molecule is CCC#Cc1cc(C(=O)O)ccc1C. The Balaban J connectivity index is 3.14. The Labute approximate surface area is 83.6 Å². The third-order valence-corrected chi connectivity index (χ3v) is 1.88. The van der Waals surface area contributed by atoms with Gasteiger partial charge in [0.2, 0.25) is 0 Å². The second-order valence-electron chi connectivity index (χ2n) is 2.99. The van der Waals surface area contributed by atoms with Gasteiger partial charge in [0.1, 0.15) is 0 Å². The summed E-state index contributed by atoms with van der Waals surface area (Å²) in [5, 5.41) is 8.78. The van der Waals surface area contributed by atoms with Crippen molar-refractivity contribution in [1.29, 1.82) is 0 Å². The van der Waals surface area contributed by atoms with Crippen molar-refractivity contribution in [2.75, 3.05) is 0 Å². The van der Waals surface area contributed by atoms with Gasteiger partial charge in [-0.2, -0.15) is 0 Å². The standard InChI is InChI=1S/C12H12O2/c1-3-4-5-10-8-11(12(13)14)7-6-9(10)2/h6-8H,3H2,1-2H3,(H,13,14). The number of hydrogen-bond acceptors (Lipinski definition) is 1. The van der Waals surface area contributed by atoms with Crippen LogP contribution in [0.1, 0.15) is 34.8 Å². The highest BCUT2D eigenvalue weighted by molar-refractivity contribution is 5.88. The average molecular weight is 188 g/mol. The summed E-state index contributed by atoms with van der Waals surface area (Å²) in [7, 11) is 0. The van der Waals surface area contributed by atoms with Crippen LogP contribution >= 0.6 is 0 Å². The summed E-state index contributed by atoms with van der Waals surface area (Å²) in [5.41, 5.74) is 2.10. The van der Waals surface area contributed by atoms with E-state index in [1.807, 2.05) is 13.8 Å². The zero-order valence-electron chi connectivity index (χ0n) is 8.29. The molecule has 0 saturated heterocycles. The lowest BCUT2D eigenvalue weighted by Gasteiger charge is -1.99. The lowest BCUT2D eigenvalue weighted by molar-refractivity contribution is 0.0697. The fraction of sp³-hybridized carbons (Fsp3) is 0.250. The van der Waals surface area contributed by atoms with E-state index >= 15 is 0 Å². The number of hydrogen-bond donors (Lipinski definition) is 1.